The van der Waals surface area contributed by atoms with E-state index in [0.29, 0.717) is 6.07 Å². The second-order valence-corrected chi connectivity index (χ2v) is 5.27. The Labute approximate surface area is 131 Å². The molecule has 0 aliphatic rings. The molecule has 22 heavy (non-hydrogen) atoms. The molecule has 0 amide bonds. The molecular weight excluding hydrogens is 343 g/mol. The molecule has 0 saturated heterocycles. The molecule has 0 aliphatic carbocycles. The van der Waals surface area contributed by atoms with Crippen molar-refractivity contribution in [2.45, 2.75) is 13.1 Å². The molecule has 2 aromatic rings. The van der Waals surface area contributed by atoms with E-state index in [2.05, 4.69) is 4.98 Å². The molecule has 0 fully saturated rings. The number of carbonyl (C=O) groups excluding carboxylic acids is 1. The summed E-state index contributed by atoms with van der Waals surface area (Å²) in [5, 5.41) is -0.272. The van der Waals surface area contributed by atoms with Gasteiger partial charge in [-0.1, -0.05) is 11.6 Å². The second-order valence-electron chi connectivity index (χ2n) is 4.34. The zero-order valence-corrected chi connectivity index (χ0v) is 12.9. The molecule has 0 atom stereocenters. The highest BCUT2D eigenvalue weighted by Crippen LogP contribution is 2.39. The molecule has 0 aliphatic heterocycles. The zero-order valence-electron chi connectivity index (χ0n) is 11.3. The van der Waals surface area contributed by atoms with E-state index >= 15 is 0 Å². The summed E-state index contributed by atoms with van der Waals surface area (Å²) in [6.45, 7) is 1.12. The summed E-state index contributed by atoms with van der Waals surface area (Å²) in [6.07, 6.45) is -3.22. The molecule has 0 radical (unpaired) electrons. The molecule has 4 nitrogen and oxygen atoms in total. The minimum atomic E-state index is -4.72. The third kappa shape index (κ3) is 2.93. The maximum absolute atomic E-state index is 13.1. The van der Waals surface area contributed by atoms with Crippen LogP contribution in [0, 0.1) is 0 Å². The third-order valence-electron chi connectivity index (χ3n) is 2.86. The van der Waals surface area contributed by atoms with Crippen molar-refractivity contribution < 1.29 is 22.1 Å². The van der Waals surface area contributed by atoms with E-state index < -0.39 is 28.6 Å². The van der Waals surface area contributed by atoms with E-state index in [9.17, 15) is 22.8 Å². The van der Waals surface area contributed by atoms with Crippen molar-refractivity contribution in [2.24, 2.45) is 0 Å². The van der Waals surface area contributed by atoms with Gasteiger partial charge in [-0.15, -0.1) is 0 Å². The Kier molecular flexibility index (Phi) is 4.44. The van der Waals surface area contributed by atoms with E-state index in [1.54, 1.807) is 0 Å². The largest absolute Gasteiger partial charge is 0.424 e. The maximum Gasteiger partial charge on any atom is 0.418 e. The lowest BCUT2D eigenvalue weighted by Crippen LogP contribution is -2.19. The van der Waals surface area contributed by atoms with Crippen molar-refractivity contribution in [2.75, 3.05) is 6.26 Å². The van der Waals surface area contributed by atoms with Crippen LogP contribution in [0.3, 0.4) is 0 Å². The summed E-state index contributed by atoms with van der Waals surface area (Å²) in [7, 11) is 0. The Morgan fingerprint density at radius 3 is 2.50 bits per heavy atom. The maximum atomic E-state index is 13.1. The molecule has 0 saturated carbocycles. The third-order valence-corrected chi connectivity index (χ3v) is 3.42. The van der Waals surface area contributed by atoms with Gasteiger partial charge in [0.1, 0.15) is 5.56 Å². The summed E-state index contributed by atoms with van der Waals surface area (Å²) < 4.78 is 44.5. The van der Waals surface area contributed by atoms with Gasteiger partial charge in [-0.25, -0.2) is 0 Å². The SMILES string of the molecule is CSOc1c(C(C)=O)c(=O)[nH]c2c(C(F)(F)F)cc(Cl)cc12. The monoisotopic (exact) mass is 351 g/mol. The fourth-order valence-corrected chi connectivity index (χ4v) is 2.61. The highest BCUT2D eigenvalue weighted by molar-refractivity contribution is 7.94. The van der Waals surface area contributed by atoms with Gasteiger partial charge in [0.05, 0.1) is 23.1 Å². The van der Waals surface area contributed by atoms with Gasteiger partial charge < -0.3 is 9.17 Å². The fourth-order valence-electron chi connectivity index (χ4n) is 2.05. The van der Waals surface area contributed by atoms with Crippen molar-refractivity contribution in [3.8, 4) is 5.75 Å². The predicted octanol–water partition coefficient (Wildman–Crippen LogP) is 4.06. The van der Waals surface area contributed by atoms with Crippen LogP contribution in [-0.2, 0) is 6.18 Å². The van der Waals surface area contributed by atoms with Crippen LogP contribution in [0.15, 0.2) is 16.9 Å². The number of fused-ring (bicyclic) bond motifs is 1. The summed E-state index contributed by atoms with van der Waals surface area (Å²) >= 11 is 6.53. The van der Waals surface area contributed by atoms with Gasteiger partial charge in [0.15, 0.2) is 11.5 Å². The molecule has 2 rings (SSSR count). The van der Waals surface area contributed by atoms with Crippen LogP contribution < -0.4 is 9.74 Å². The first-order valence-corrected chi connectivity index (χ1v) is 7.38. The molecule has 0 bridgehead atoms. The van der Waals surface area contributed by atoms with Crippen molar-refractivity contribution >= 4 is 40.3 Å². The molecule has 118 valence electrons. The summed E-state index contributed by atoms with van der Waals surface area (Å²) in [6, 6.07) is 1.91. The van der Waals surface area contributed by atoms with Gasteiger partial charge in [0.2, 0.25) is 0 Å². The summed E-state index contributed by atoms with van der Waals surface area (Å²) in [5.74, 6) is -0.854. The average Bonchev–Trinajstić information content (AvgIpc) is 2.37. The molecule has 1 aromatic carbocycles. The van der Waals surface area contributed by atoms with E-state index in [1.807, 2.05) is 0 Å². The molecule has 0 spiro atoms. The number of nitrogens with one attached hydrogen (secondary N) is 1. The Morgan fingerprint density at radius 1 is 1.36 bits per heavy atom. The van der Waals surface area contributed by atoms with Gasteiger partial charge in [-0.3, -0.25) is 9.59 Å². The number of carbonyl (C=O) groups is 1. The normalized spacial score (nSPS) is 11.7. The first kappa shape index (κ1) is 16.7. The van der Waals surface area contributed by atoms with Crippen molar-refractivity contribution in [1.29, 1.82) is 0 Å². The van der Waals surface area contributed by atoms with Crippen molar-refractivity contribution in [1.82, 2.24) is 4.98 Å². The zero-order chi connectivity index (χ0) is 16.7. The number of benzene rings is 1. The van der Waals surface area contributed by atoms with E-state index in [4.69, 9.17) is 15.8 Å². The first-order valence-electron chi connectivity index (χ1n) is 5.85. The minimum absolute atomic E-state index is 0.0843. The van der Waals surface area contributed by atoms with Gasteiger partial charge in [0, 0.05) is 16.7 Å². The lowest BCUT2D eigenvalue weighted by molar-refractivity contribution is -0.136. The van der Waals surface area contributed by atoms with Crippen LogP contribution in [0.2, 0.25) is 5.02 Å². The predicted molar refractivity (Wildman–Crippen MR) is 78.7 cm³/mol. The highest BCUT2D eigenvalue weighted by Gasteiger charge is 2.35. The van der Waals surface area contributed by atoms with Gasteiger partial charge in [0.25, 0.3) is 5.56 Å². The molecular formula is C13H9ClF3NO3S. The van der Waals surface area contributed by atoms with Gasteiger partial charge in [-0.05, 0) is 19.1 Å². The van der Waals surface area contributed by atoms with Crippen LogP contribution >= 0.6 is 23.6 Å². The van der Waals surface area contributed by atoms with Crippen LogP contribution in [0.5, 0.6) is 5.75 Å². The van der Waals surface area contributed by atoms with E-state index in [-0.39, 0.29) is 21.7 Å². The second kappa shape index (κ2) is 5.85. The number of Topliss-reactive ketones (excluding diaryl/α,β-unsaturated/α-hetero) is 1. The van der Waals surface area contributed by atoms with Crippen LogP contribution in [0.25, 0.3) is 10.9 Å². The Bertz CT molecular complexity index is 817. The number of aromatic amines is 1. The lowest BCUT2D eigenvalue weighted by Gasteiger charge is -2.14. The molecule has 9 heteroatoms. The number of H-pyrrole nitrogens is 1. The van der Waals surface area contributed by atoms with E-state index in [1.165, 1.54) is 12.3 Å². The Hall–Kier alpha value is -1.67. The number of alkyl halides is 3. The molecule has 1 aromatic heterocycles. The van der Waals surface area contributed by atoms with Crippen LogP contribution in [0.4, 0.5) is 13.2 Å². The summed E-state index contributed by atoms with van der Waals surface area (Å²) in [5.41, 5.74) is -2.88. The number of pyridine rings is 1. The van der Waals surface area contributed by atoms with Gasteiger partial charge >= 0.3 is 6.18 Å². The molecule has 1 N–H and O–H groups in total. The lowest BCUT2D eigenvalue weighted by atomic mass is 10.0. The Balaban J connectivity index is 3.03. The number of hydrogen-bond donors (Lipinski definition) is 1. The standard InChI is InChI=1S/C13H9ClF3NO3S/c1-5(19)9-11(21-22-2)7-3-6(14)4-8(13(15,16)17)10(7)18-12(9)20/h3-4H,1-2H3,(H,18,20). The van der Waals surface area contributed by atoms with Crippen LogP contribution in [-0.4, -0.2) is 17.0 Å². The van der Waals surface area contributed by atoms with Crippen LogP contribution in [0.1, 0.15) is 22.8 Å². The summed E-state index contributed by atoms with van der Waals surface area (Å²) in [4.78, 5) is 25.7. The molecule has 0 unspecified atom stereocenters. The minimum Gasteiger partial charge on any atom is -0.424 e. The van der Waals surface area contributed by atoms with Crippen molar-refractivity contribution in [3.05, 3.63) is 38.6 Å². The number of hydrogen-bond acceptors (Lipinski definition) is 4. The molecule has 1 heterocycles. The topological polar surface area (TPSA) is 59.2 Å². The number of halogens is 4. The first-order chi connectivity index (χ1) is 10.2. The number of aromatic nitrogens is 1. The number of ketones is 1. The quantitative estimate of drug-likeness (QED) is 0.669. The van der Waals surface area contributed by atoms with E-state index in [0.717, 1.165) is 19.0 Å². The van der Waals surface area contributed by atoms with Gasteiger partial charge in [-0.2, -0.15) is 13.2 Å². The highest BCUT2D eigenvalue weighted by atomic mass is 35.5. The number of rotatable bonds is 3. The Morgan fingerprint density at radius 2 is 2.00 bits per heavy atom. The fraction of sp³-hybridized carbons (Fsp3) is 0.231. The smallest absolute Gasteiger partial charge is 0.418 e. The van der Waals surface area contributed by atoms with Crippen molar-refractivity contribution in [3.63, 3.8) is 0 Å². The average molecular weight is 352 g/mol.